The first kappa shape index (κ1) is 16.3. The summed E-state index contributed by atoms with van der Waals surface area (Å²) >= 11 is 0. The van der Waals surface area contributed by atoms with Crippen molar-refractivity contribution in [2.24, 2.45) is 0 Å². The van der Waals surface area contributed by atoms with Crippen molar-refractivity contribution in [1.82, 2.24) is 10.2 Å². The van der Waals surface area contributed by atoms with Crippen LogP contribution in [0.15, 0.2) is 24.3 Å². The molecule has 1 aromatic carbocycles. The minimum absolute atomic E-state index is 0.0943. The topological polar surface area (TPSA) is 77.1 Å². The van der Waals surface area contributed by atoms with E-state index in [-0.39, 0.29) is 18.6 Å². The number of hydrogen-bond donors (Lipinski definition) is 1. The summed E-state index contributed by atoms with van der Waals surface area (Å²) in [5.41, 5.74) is 0.821. The van der Waals surface area contributed by atoms with Crippen LogP contribution < -0.4 is 14.8 Å². The van der Waals surface area contributed by atoms with Gasteiger partial charge in [0, 0.05) is 19.2 Å². The summed E-state index contributed by atoms with van der Waals surface area (Å²) in [7, 11) is 0. The minimum atomic E-state index is -0.572. The Balaban J connectivity index is 1.53. The van der Waals surface area contributed by atoms with Gasteiger partial charge in [-0.15, -0.1) is 0 Å². The van der Waals surface area contributed by atoms with Crippen LogP contribution in [0.4, 0.5) is 0 Å². The molecule has 2 aliphatic rings. The molecule has 1 aromatic rings. The zero-order chi connectivity index (χ0) is 16.9. The zero-order valence-electron chi connectivity index (χ0n) is 13.5. The van der Waals surface area contributed by atoms with Crippen LogP contribution in [0.5, 0.6) is 11.5 Å². The number of benzene rings is 1. The van der Waals surface area contributed by atoms with Crippen molar-refractivity contribution in [3.8, 4) is 11.5 Å². The summed E-state index contributed by atoms with van der Waals surface area (Å²) in [5.74, 6) is 0.944. The monoisotopic (exact) mass is 332 g/mol. The summed E-state index contributed by atoms with van der Waals surface area (Å²) in [6, 6.07) is 4.86. The Kier molecular flexibility index (Phi) is 5.00. The van der Waals surface area contributed by atoms with E-state index >= 15 is 0 Å². The van der Waals surface area contributed by atoms with Gasteiger partial charge in [-0.1, -0.05) is 6.07 Å². The van der Waals surface area contributed by atoms with Gasteiger partial charge in [0.25, 0.3) is 0 Å². The SMILES string of the molecule is C[C@@H](NC(=O)/C=C/c1ccc2c(c1)OCO2)C(=O)N1CCOCC1. The molecule has 2 aliphatic heterocycles. The number of rotatable bonds is 4. The van der Waals surface area contributed by atoms with Gasteiger partial charge in [0.1, 0.15) is 6.04 Å². The number of morpholine rings is 1. The number of fused-ring (bicyclic) bond motifs is 1. The molecule has 1 fully saturated rings. The van der Waals surface area contributed by atoms with Crippen molar-refractivity contribution in [2.75, 3.05) is 33.1 Å². The van der Waals surface area contributed by atoms with Crippen LogP contribution in [0.25, 0.3) is 6.08 Å². The maximum atomic E-state index is 12.2. The molecule has 0 aliphatic carbocycles. The fourth-order valence-electron chi connectivity index (χ4n) is 2.57. The molecule has 1 atom stereocenters. The molecule has 0 unspecified atom stereocenters. The lowest BCUT2D eigenvalue weighted by Crippen LogP contribution is -2.50. The second kappa shape index (κ2) is 7.35. The van der Waals surface area contributed by atoms with Gasteiger partial charge in [0.2, 0.25) is 18.6 Å². The summed E-state index contributed by atoms with van der Waals surface area (Å²) in [6.07, 6.45) is 3.07. The van der Waals surface area contributed by atoms with Crippen LogP contribution in [0.3, 0.4) is 0 Å². The Bertz CT molecular complexity index is 652. The number of nitrogens with one attached hydrogen (secondary N) is 1. The molecular formula is C17H20N2O5. The van der Waals surface area contributed by atoms with Gasteiger partial charge in [0.15, 0.2) is 11.5 Å². The van der Waals surface area contributed by atoms with Crippen molar-refractivity contribution in [2.45, 2.75) is 13.0 Å². The van der Waals surface area contributed by atoms with E-state index in [4.69, 9.17) is 14.2 Å². The molecule has 128 valence electrons. The highest BCUT2D eigenvalue weighted by molar-refractivity contribution is 5.95. The van der Waals surface area contributed by atoms with E-state index in [2.05, 4.69) is 5.32 Å². The van der Waals surface area contributed by atoms with Crippen LogP contribution >= 0.6 is 0 Å². The Morgan fingerprint density at radius 3 is 2.75 bits per heavy atom. The summed E-state index contributed by atoms with van der Waals surface area (Å²) in [6.45, 7) is 4.10. The Hall–Kier alpha value is -2.54. The van der Waals surface area contributed by atoms with Crippen LogP contribution in [-0.2, 0) is 14.3 Å². The molecule has 0 aromatic heterocycles. The number of hydrogen-bond acceptors (Lipinski definition) is 5. The van der Waals surface area contributed by atoms with Crippen molar-refractivity contribution in [3.63, 3.8) is 0 Å². The van der Waals surface area contributed by atoms with E-state index < -0.39 is 6.04 Å². The smallest absolute Gasteiger partial charge is 0.245 e. The highest BCUT2D eigenvalue weighted by Gasteiger charge is 2.23. The Morgan fingerprint density at radius 2 is 1.96 bits per heavy atom. The fraction of sp³-hybridized carbons (Fsp3) is 0.412. The molecule has 3 rings (SSSR count). The van der Waals surface area contributed by atoms with E-state index in [9.17, 15) is 9.59 Å². The highest BCUT2D eigenvalue weighted by Crippen LogP contribution is 2.32. The third-order valence-electron chi connectivity index (χ3n) is 3.88. The first-order chi connectivity index (χ1) is 11.6. The van der Waals surface area contributed by atoms with Crippen molar-refractivity contribution >= 4 is 17.9 Å². The lowest BCUT2D eigenvalue weighted by molar-refractivity contribution is -0.138. The van der Waals surface area contributed by atoms with Gasteiger partial charge >= 0.3 is 0 Å². The lowest BCUT2D eigenvalue weighted by Gasteiger charge is -2.29. The first-order valence-electron chi connectivity index (χ1n) is 7.88. The standard InChI is InChI=1S/C17H20N2O5/c1-12(17(21)19-6-8-22-9-7-19)18-16(20)5-3-13-2-4-14-15(10-13)24-11-23-14/h2-5,10,12H,6-9,11H2,1H3,(H,18,20)/b5-3+/t12-/m1/s1. The van der Waals surface area contributed by atoms with Crippen LogP contribution in [-0.4, -0.2) is 55.9 Å². The molecule has 7 heteroatoms. The average molecular weight is 332 g/mol. The normalized spacial score (nSPS) is 17.8. The number of ether oxygens (including phenoxy) is 3. The molecule has 1 saturated heterocycles. The molecule has 7 nitrogen and oxygen atoms in total. The summed E-state index contributed by atoms with van der Waals surface area (Å²) < 4.78 is 15.7. The maximum absolute atomic E-state index is 12.2. The zero-order valence-corrected chi connectivity index (χ0v) is 13.5. The highest BCUT2D eigenvalue weighted by atomic mass is 16.7. The van der Waals surface area contributed by atoms with E-state index in [0.717, 1.165) is 5.56 Å². The Labute approximate surface area is 140 Å². The molecule has 0 bridgehead atoms. The van der Waals surface area contributed by atoms with Gasteiger partial charge in [-0.3, -0.25) is 9.59 Å². The molecule has 24 heavy (non-hydrogen) atoms. The predicted octanol–water partition coefficient (Wildman–Crippen LogP) is 0.792. The fourth-order valence-corrected chi connectivity index (χ4v) is 2.57. The number of carbonyl (C=O) groups is 2. The van der Waals surface area contributed by atoms with E-state index in [1.807, 2.05) is 6.07 Å². The second-order valence-electron chi connectivity index (χ2n) is 5.61. The van der Waals surface area contributed by atoms with Crippen LogP contribution in [0.2, 0.25) is 0 Å². The van der Waals surface area contributed by atoms with Gasteiger partial charge in [-0.05, 0) is 30.7 Å². The molecular weight excluding hydrogens is 312 g/mol. The maximum Gasteiger partial charge on any atom is 0.245 e. The van der Waals surface area contributed by atoms with Crippen LogP contribution in [0.1, 0.15) is 12.5 Å². The average Bonchev–Trinajstić information content (AvgIpc) is 3.07. The van der Waals surface area contributed by atoms with Gasteiger partial charge in [-0.25, -0.2) is 0 Å². The van der Waals surface area contributed by atoms with Crippen molar-refractivity contribution in [1.29, 1.82) is 0 Å². The van der Waals surface area contributed by atoms with E-state index in [1.54, 1.807) is 30.0 Å². The van der Waals surface area contributed by atoms with Crippen molar-refractivity contribution in [3.05, 3.63) is 29.8 Å². The van der Waals surface area contributed by atoms with Crippen molar-refractivity contribution < 1.29 is 23.8 Å². The van der Waals surface area contributed by atoms with Crippen LogP contribution in [0, 0.1) is 0 Å². The van der Waals surface area contributed by atoms with Gasteiger partial charge in [0.05, 0.1) is 13.2 Å². The summed E-state index contributed by atoms with van der Waals surface area (Å²) in [5, 5.41) is 2.69. The van der Waals surface area contributed by atoms with E-state index in [0.29, 0.717) is 37.8 Å². The first-order valence-corrected chi connectivity index (χ1v) is 7.88. The number of nitrogens with zero attached hydrogens (tertiary/aromatic N) is 1. The van der Waals surface area contributed by atoms with E-state index in [1.165, 1.54) is 6.08 Å². The second-order valence-corrected chi connectivity index (χ2v) is 5.61. The summed E-state index contributed by atoms with van der Waals surface area (Å²) in [4.78, 5) is 25.9. The number of amides is 2. The molecule has 0 radical (unpaired) electrons. The molecule has 0 saturated carbocycles. The van der Waals surface area contributed by atoms with Gasteiger partial charge in [-0.2, -0.15) is 0 Å². The third-order valence-corrected chi connectivity index (χ3v) is 3.88. The molecule has 1 N–H and O–H groups in total. The minimum Gasteiger partial charge on any atom is -0.454 e. The molecule has 2 amide bonds. The Morgan fingerprint density at radius 1 is 1.21 bits per heavy atom. The van der Waals surface area contributed by atoms with Gasteiger partial charge < -0.3 is 24.4 Å². The molecule has 0 spiro atoms. The molecule has 2 heterocycles. The quantitative estimate of drug-likeness (QED) is 0.825. The third kappa shape index (κ3) is 3.86. The largest absolute Gasteiger partial charge is 0.454 e. The predicted molar refractivity (Wildman–Crippen MR) is 86.6 cm³/mol. The lowest BCUT2D eigenvalue weighted by atomic mass is 10.2. The number of carbonyl (C=O) groups excluding carboxylic acids is 2.